The fourth-order valence-corrected chi connectivity index (χ4v) is 2.97. The molecule has 0 bridgehead atoms. The molecular weight excluding hydrogens is 585 g/mol. The minimum Gasteiger partial charge on any atom is -0.450 e. The van der Waals surface area contributed by atoms with Crippen molar-refractivity contribution in [3.8, 4) is 23.0 Å². The lowest BCUT2D eigenvalue weighted by Crippen LogP contribution is -2.18. The number of alkyl halides is 6. The van der Waals surface area contributed by atoms with Gasteiger partial charge in [-0.1, -0.05) is 0 Å². The van der Waals surface area contributed by atoms with Crippen LogP contribution in [0.25, 0.3) is 0 Å². The van der Waals surface area contributed by atoms with E-state index in [1.165, 1.54) is 0 Å². The van der Waals surface area contributed by atoms with Gasteiger partial charge in [0.2, 0.25) is 34.8 Å². The number of hydrogen-bond acceptors (Lipinski definition) is 4. The molecule has 0 unspecified atom stereocenters. The topological polar surface area (TPSA) is 70.5 Å². The minimum absolute atomic E-state index is 0.804. The highest BCUT2D eigenvalue weighted by Crippen LogP contribution is 2.53. The molecule has 3 aromatic carbocycles. The first-order valence-electron chi connectivity index (χ1n) is 9.31. The summed E-state index contributed by atoms with van der Waals surface area (Å²) < 4.78 is 216. The Hall–Kier alpha value is -4.19. The molecule has 3 aromatic rings. The molecule has 0 saturated heterocycles. The van der Waals surface area contributed by atoms with Crippen molar-refractivity contribution in [1.82, 2.24) is 0 Å². The van der Waals surface area contributed by atoms with Gasteiger partial charge in [-0.3, -0.25) is 0 Å². The Bertz CT molecular complexity index is 1440. The van der Waals surface area contributed by atoms with E-state index in [0.29, 0.717) is 0 Å². The van der Waals surface area contributed by atoms with E-state index in [2.05, 4.69) is 9.47 Å². The summed E-state index contributed by atoms with van der Waals surface area (Å²) in [5, 5.41) is 0. The first-order chi connectivity index (χ1) is 17.7. The summed E-state index contributed by atoms with van der Waals surface area (Å²) in [6.07, 6.45) is -12.5. The number of benzene rings is 3. The van der Waals surface area contributed by atoms with Crippen molar-refractivity contribution in [3.05, 3.63) is 69.5 Å². The summed E-state index contributed by atoms with van der Waals surface area (Å²) in [5.74, 6) is -34.0. The minimum atomic E-state index is -6.27. The number of nitrogen functional groups attached to an aromatic ring is 2. The van der Waals surface area contributed by atoms with Crippen LogP contribution in [0, 0.1) is 52.4 Å². The summed E-state index contributed by atoms with van der Waals surface area (Å²) in [6, 6.07) is -0.804. The van der Waals surface area contributed by atoms with Gasteiger partial charge in [0.25, 0.3) is 0 Å². The number of ether oxygens (including phenoxy) is 2. The first kappa shape index (κ1) is 29.4. The van der Waals surface area contributed by atoms with Crippen LogP contribution in [0.3, 0.4) is 0 Å². The highest BCUT2D eigenvalue weighted by atomic mass is 19.4. The van der Waals surface area contributed by atoms with Crippen LogP contribution in [0.1, 0.15) is 11.1 Å². The fourth-order valence-electron chi connectivity index (χ4n) is 2.97. The van der Waals surface area contributed by atoms with Gasteiger partial charge in [0, 0.05) is 6.07 Å². The molecule has 0 radical (unpaired) electrons. The highest BCUT2D eigenvalue weighted by molar-refractivity contribution is 5.59. The molecule has 19 heteroatoms. The maximum absolute atomic E-state index is 14.5. The number of nitrogens with two attached hydrogens (primary N) is 2. The van der Waals surface area contributed by atoms with Gasteiger partial charge >= 0.3 is 12.4 Å². The van der Waals surface area contributed by atoms with Crippen molar-refractivity contribution >= 4 is 11.4 Å². The third-order valence-electron chi connectivity index (χ3n) is 4.69. The van der Waals surface area contributed by atoms with Crippen molar-refractivity contribution in [2.45, 2.75) is 12.4 Å². The predicted molar refractivity (Wildman–Crippen MR) is 97.9 cm³/mol. The Morgan fingerprint density at radius 3 is 1.23 bits per heavy atom. The molecule has 0 amide bonds. The van der Waals surface area contributed by atoms with Crippen LogP contribution in [0.4, 0.5) is 77.2 Å². The number of halogens is 15. The third-order valence-corrected chi connectivity index (χ3v) is 4.69. The molecule has 39 heavy (non-hydrogen) atoms. The Morgan fingerprint density at radius 2 is 0.846 bits per heavy atom. The monoisotopic (exact) mass is 590 g/mol. The van der Waals surface area contributed by atoms with Crippen LogP contribution in [-0.2, 0) is 12.4 Å². The van der Waals surface area contributed by atoms with Crippen LogP contribution >= 0.6 is 0 Å². The smallest absolute Gasteiger partial charge is 0.423 e. The van der Waals surface area contributed by atoms with Crippen LogP contribution < -0.4 is 20.9 Å². The molecular formula is C20H5F15N2O2. The molecule has 4 N–H and O–H groups in total. The molecule has 4 nitrogen and oxygen atoms in total. The van der Waals surface area contributed by atoms with Gasteiger partial charge in [-0.2, -0.15) is 35.1 Å². The Labute approximate surface area is 204 Å². The van der Waals surface area contributed by atoms with Crippen molar-refractivity contribution in [3.63, 3.8) is 0 Å². The Kier molecular flexibility index (Phi) is 7.17. The van der Waals surface area contributed by atoms with E-state index in [0.717, 1.165) is 0 Å². The zero-order valence-electron chi connectivity index (χ0n) is 17.7. The lowest BCUT2D eigenvalue weighted by molar-refractivity contribution is -0.147. The van der Waals surface area contributed by atoms with Gasteiger partial charge in [-0.25, -0.2) is 30.7 Å². The van der Waals surface area contributed by atoms with Crippen molar-refractivity contribution in [2.24, 2.45) is 0 Å². The van der Waals surface area contributed by atoms with Crippen LogP contribution in [0.5, 0.6) is 23.0 Å². The highest BCUT2D eigenvalue weighted by Gasteiger charge is 2.48. The molecule has 0 spiro atoms. The zero-order chi connectivity index (χ0) is 29.9. The first-order valence-corrected chi connectivity index (χ1v) is 9.31. The van der Waals surface area contributed by atoms with Gasteiger partial charge in [-0.15, -0.1) is 0 Å². The molecule has 3 rings (SSSR count). The van der Waals surface area contributed by atoms with E-state index in [1.807, 2.05) is 0 Å². The lowest BCUT2D eigenvalue weighted by atomic mass is 10.0. The molecule has 0 saturated carbocycles. The van der Waals surface area contributed by atoms with E-state index >= 15 is 0 Å². The number of anilines is 2. The Balaban J connectivity index is 2.46. The predicted octanol–water partition coefficient (Wildman–Crippen LogP) is 7.73. The standard InChI is InChI=1S/C20H5F15N2O2/c21-2-1-3(38-17-10(26)6(22)8(24)14(36)12(17)28)5(20(33,34)35)16(4(2)19(30,31)32)39-18-11(27)7(23)9(25)15(37)13(18)29/h1H,36-37H2. The van der Waals surface area contributed by atoms with E-state index in [4.69, 9.17) is 11.5 Å². The van der Waals surface area contributed by atoms with E-state index in [9.17, 15) is 65.9 Å². The van der Waals surface area contributed by atoms with Gasteiger partial charge in [0.1, 0.15) is 34.1 Å². The largest absolute Gasteiger partial charge is 0.450 e. The van der Waals surface area contributed by atoms with Crippen molar-refractivity contribution < 1.29 is 75.3 Å². The van der Waals surface area contributed by atoms with E-state index < -0.39 is 116 Å². The maximum atomic E-state index is 14.5. The van der Waals surface area contributed by atoms with Crippen LogP contribution in [-0.4, -0.2) is 0 Å². The SMILES string of the molecule is Nc1c(F)c(F)c(F)c(Oc2cc(F)c(C(F)(F)F)c(Oc3c(F)c(N)c(F)c(F)c3F)c2C(F)(F)F)c1F. The third kappa shape index (κ3) is 4.87. The summed E-state index contributed by atoms with van der Waals surface area (Å²) >= 11 is 0. The summed E-state index contributed by atoms with van der Waals surface area (Å²) in [6.45, 7) is 0. The Morgan fingerprint density at radius 1 is 0.462 bits per heavy atom. The van der Waals surface area contributed by atoms with Crippen molar-refractivity contribution in [2.75, 3.05) is 11.5 Å². The van der Waals surface area contributed by atoms with Gasteiger partial charge in [0.05, 0.1) is 0 Å². The molecule has 212 valence electrons. The summed E-state index contributed by atoms with van der Waals surface area (Å²) in [5.41, 5.74) is -0.488. The van der Waals surface area contributed by atoms with Crippen molar-refractivity contribution in [1.29, 1.82) is 0 Å². The molecule has 0 fully saturated rings. The van der Waals surface area contributed by atoms with E-state index in [-0.39, 0.29) is 0 Å². The summed E-state index contributed by atoms with van der Waals surface area (Å²) in [7, 11) is 0. The average molecular weight is 590 g/mol. The zero-order valence-corrected chi connectivity index (χ0v) is 17.7. The quantitative estimate of drug-likeness (QED) is 0.141. The molecule has 0 aliphatic rings. The molecule has 0 aromatic heterocycles. The van der Waals surface area contributed by atoms with Crippen LogP contribution in [0.2, 0.25) is 0 Å². The maximum Gasteiger partial charge on any atom is 0.423 e. The number of rotatable bonds is 4. The lowest BCUT2D eigenvalue weighted by Gasteiger charge is -2.23. The van der Waals surface area contributed by atoms with Gasteiger partial charge in [0.15, 0.2) is 29.0 Å². The molecule has 0 aliphatic carbocycles. The van der Waals surface area contributed by atoms with E-state index in [1.54, 1.807) is 0 Å². The summed E-state index contributed by atoms with van der Waals surface area (Å²) in [4.78, 5) is 0. The second kappa shape index (κ2) is 9.53. The van der Waals surface area contributed by atoms with Gasteiger partial charge < -0.3 is 20.9 Å². The fraction of sp³-hybridized carbons (Fsp3) is 0.100. The molecule has 0 heterocycles. The molecule has 0 aliphatic heterocycles. The molecule has 0 atom stereocenters. The second-order valence-electron chi connectivity index (χ2n) is 7.13. The van der Waals surface area contributed by atoms with Crippen LogP contribution in [0.15, 0.2) is 6.07 Å². The van der Waals surface area contributed by atoms with Gasteiger partial charge in [-0.05, 0) is 0 Å². The average Bonchev–Trinajstić information content (AvgIpc) is 2.82. The second-order valence-corrected chi connectivity index (χ2v) is 7.13. The normalized spacial score (nSPS) is 12.2. The number of hydrogen-bond donors (Lipinski definition) is 2.